The van der Waals surface area contributed by atoms with Crippen molar-refractivity contribution in [2.45, 2.75) is 35.9 Å². The second-order valence-electron chi connectivity index (χ2n) is 8.11. The van der Waals surface area contributed by atoms with E-state index in [1.54, 1.807) is 6.92 Å². The lowest BCUT2D eigenvalue weighted by molar-refractivity contribution is 0.840. The van der Waals surface area contributed by atoms with E-state index in [1.165, 1.54) is 22.9 Å². The van der Waals surface area contributed by atoms with Gasteiger partial charge in [-0.1, -0.05) is 41.9 Å². The number of thioether (sulfide) groups is 1. The van der Waals surface area contributed by atoms with Crippen LogP contribution in [0, 0.1) is 6.92 Å². The minimum atomic E-state index is -0.505. The summed E-state index contributed by atoms with van der Waals surface area (Å²) in [7, 11) is 0.183. The Morgan fingerprint density at radius 2 is 1.88 bits per heavy atom. The van der Waals surface area contributed by atoms with E-state index in [-0.39, 0.29) is 16.0 Å². The molecule has 34 heavy (non-hydrogen) atoms. The first-order chi connectivity index (χ1) is 16.5. The van der Waals surface area contributed by atoms with E-state index < -0.39 is 5.69 Å². The van der Waals surface area contributed by atoms with Crippen molar-refractivity contribution >= 4 is 33.8 Å². The summed E-state index contributed by atoms with van der Waals surface area (Å²) in [4.78, 5) is 28.7. The highest BCUT2D eigenvalue weighted by molar-refractivity contribution is 8.12. The van der Waals surface area contributed by atoms with Crippen LogP contribution in [-0.2, 0) is 23.8 Å². The summed E-state index contributed by atoms with van der Waals surface area (Å²) >= 11 is 1.40. The molecule has 1 aliphatic rings. The molecule has 0 aliphatic carbocycles. The molecule has 2 aromatic heterocycles. The largest absolute Gasteiger partial charge is 0.378 e. The molecule has 1 atom stereocenters. The summed E-state index contributed by atoms with van der Waals surface area (Å²) < 4.78 is 1.99. The van der Waals surface area contributed by atoms with Crippen molar-refractivity contribution in [3.8, 4) is 5.69 Å². The first kappa shape index (κ1) is 22.4. The molecular formula is C24H24N6O2S2. The van der Waals surface area contributed by atoms with Crippen LogP contribution in [0.1, 0.15) is 28.2 Å². The molecule has 3 heterocycles. The molecule has 174 valence electrons. The minimum Gasteiger partial charge on any atom is -0.378 e. The second kappa shape index (κ2) is 9.47. The quantitative estimate of drug-likeness (QED) is 0.269. The van der Waals surface area contributed by atoms with E-state index in [1.807, 2.05) is 34.9 Å². The molecule has 2 aromatic carbocycles. The highest BCUT2D eigenvalue weighted by atomic mass is 32.2. The van der Waals surface area contributed by atoms with Gasteiger partial charge in [-0.05, 0) is 42.3 Å². The van der Waals surface area contributed by atoms with E-state index in [0.29, 0.717) is 28.7 Å². The zero-order valence-corrected chi connectivity index (χ0v) is 20.3. The summed E-state index contributed by atoms with van der Waals surface area (Å²) in [5, 5.41) is 13.0. The van der Waals surface area contributed by atoms with Gasteiger partial charge in [0.05, 0.1) is 6.54 Å². The molecule has 3 N–H and O–H groups in total. The van der Waals surface area contributed by atoms with Gasteiger partial charge in [0.1, 0.15) is 0 Å². The van der Waals surface area contributed by atoms with Crippen molar-refractivity contribution < 1.29 is 0 Å². The summed E-state index contributed by atoms with van der Waals surface area (Å²) in [5.41, 5.74) is 4.91. The summed E-state index contributed by atoms with van der Waals surface area (Å²) in [5.74, 6) is 7.44. The fourth-order valence-corrected chi connectivity index (χ4v) is 6.56. The van der Waals surface area contributed by atoms with Crippen LogP contribution in [0.3, 0.4) is 0 Å². The number of aromatic amines is 2. The Morgan fingerprint density at radius 1 is 1.09 bits per heavy atom. The summed E-state index contributed by atoms with van der Waals surface area (Å²) in [6.07, 6.45) is 0. The number of aryl methyl sites for hydroxylation is 1. The predicted molar refractivity (Wildman–Crippen MR) is 139 cm³/mol. The van der Waals surface area contributed by atoms with E-state index in [9.17, 15) is 9.59 Å². The Hall–Kier alpha value is -3.37. The van der Waals surface area contributed by atoms with Crippen LogP contribution in [-0.4, -0.2) is 30.6 Å². The molecule has 0 spiro atoms. The second-order valence-corrected chi connectivity index (χ2v) is 10.9. The van der Waals surface area contributed by atoms with Crippen molar-refractivity contribution in [2.75, 3.05) is 5.32 Å². The number of rotatable bonds is 7. The van der Waals surface area contributed by atoms with E-state index in [4.69, 9.17) is 0 Å². The Kier molecular flexibility index (Phi) is 6.25. The van der Waals surface area contributed by atoms with Crippen LogP contribution in [0.2, 0.25) is 0 Å². The number of H-pyrrole nitrogens is 2. The number of fused-ring (bicyclic) bond motifs is 1. The smallest absolute Gasteiger partial charge is 0.325 e. The van der Waals surface area contributed by atoms with E-state index in [0.717, 1.165) is 28.7 Å². The highest BCUT2D eigenvalue weighted by Gasteiger charge is 2.17. The third kappa shape index (κ3) is 4.64. The Morgan fingerprint density at radius 3 is 2.68 bits per heavy atom. The topological polar surface area (TPSA) is 108 Å². The summed E-state index contributed by atoms with van der Waals surface area (Å²) in [6.45, 7) is 2.22. The van der Waals surface area contributed by atoms with Crippen LogP contribution in [0.5, 0.6) is 0 Å². The Bertz CT molecular complexity index is 1490. The van der Waals surface area contributed by atoms with Crippen LogP contribution in [0.4, 0.5) is 5.69 Å². The fraction of sp³-hybridized carbons (Fsp3) is 0.208. The zero-order chi connectivity index (χ0) is 23.7. The average molecular weight is 493 g/mol. The maximum absolute atomic E-state index is 12.3. The van der Waals surface area contributed by atoms with Crippen molar-refractivity contribution in [1.29, 1.82) is 0 Å². The lowest BCUT2D eigenvalue weighted by Crippen LogP contribution is -2.26. The fourth-order valence-electron chi connectivity index (χ4n) is 3.96. The van der Waals surface area contributed by atoms with E-state index in [2.05, 4.69) is 49.6 Å². The SMILES string of the molecule is C=S1Cc2ccc(NCc3nnc(SCc4c(C)[nH]c(=O)[nH]c4=O)n3-c3ccccc3)cc2C1. The number of aromatic nitrogens is 5. The van der Waals surface area contributed by atoms with Gasteiger partial charge in [-0.25, -0.2) is 4.79 Å². The monoisotopic (exact) mass is 492 g/mol. The van der Waals surface area contributed by atoms with Gasteiger partial charge in [-0.3, -0.25) is 14.3 Å². The molecule has 0 fully saturated rings. The van der Waals surface area contributed by atoms with Gasteiger partial charge in [0, 0.05) is 39.9 Å². The molecule has 5 rings (SSSR count). The van der Waals surface area contributed by atoms with Crippen molar-refractivity contribution in [3.63, 3.8) is 0 Å². The third-order valence-corrected chi connectivity index (χ3v) is 8.09. The van der Waals surface area contributed by atoms with E-state index >= 15 is 0 Å². The molecule has 8 nitrogen and oxygen atoms in total. The zero-order valence-electron chi connectivity index (χ0n) is 18.6. The molecular weight excluding hydrogens is 468 g/mol. The number of benzene rings is 2. The van der Waals surface area contributed by atoms with Gasteiger partial charge in [0.15, 0.2) is 11.0 Å². The molecule has 0 saturated carbocycles. The maximum Gasteiger partial charge on any atom is 0.325 e. The number of para-hydroxylation sites is 1. The van der Waals surface area contributed by atoms with Crippen molar-refractivity contribution in [3.05, 3.63) is 97.6 Å². The van der Waals surface area contributed by atoms with Crippen LogP contribution in [0.25, 0.3) is 5.69 Å². The standard InChI is InChI=1S/C24H24N6O2S2/c1-15-20(22(31)27-23(32)26-15)12-33-24-29-28-21(30(24)19-6-4-3-5-7-19)11-25-18-9-8-16-13-34(2)14-17(16)10-18/h3-10,25H,2,11-14H2,1H3,(H2,26,27,31,32). The Labute approximate surface area is 202 Å². The van der Waals surface area contributed by atoms with Gasteiger partial charge < -0.3 is 10.3 Å². The molecule has 1 unspecified atom stereocenters. The first-order valence-corrected chi connectivity index (χ1v) is 13.5. The molecule has 0 bridgehead atoms. The van der Waals surface area contributed by atoms with Crippen LogP contribution >= 0.6 is 22.2 Å². The number of hydrogen-bond acceptors (Lipinski definition) is 6. The van der Waals surface area contributed by atoms with Gasteiger partial charge >= 0.3 is 5.69 Å². The first-order valence-electron chi connectivity index (χ1n) is 10.8. The predicted octanol–water partition coefficient (Wildman–Crippen LogP) is 3.57. The number of nitrogens with zero attached hydrogens (tertiary/aromatic N) is 3. The lowest BCUT2D eigenvalue weighted by Gasteiger charge is -2.12. The van der Waals surface area contributed by atoms with Crippen LogP contribution < -0.4 is 16.6 Å². The van der Waals surface area contributed by atoms with Crippen LogP contribution in [0.15, 0.2) is 63.3 Å². The molecule has 0 saturated heterocycles. The summed E-state index contributed by atoms with van der Waals surface area (Å²) in [6, 6.07) is 16.4. The number of anilines is 1. The molecule has 4 aromatic rings. The molecule has 1 aliphatic heterocycles. The average Bonchev–Trinajstić information content (AvgIpc) is 3.39. The molecule has 10 heteroatoms. The van der Waals surface area contributed by atoms with Crippen molar-refractivity contribution in [2.24, 2.45) is 0 Å². The number of nitrogens with one attached hydrogen (secondary N) is 3. The molecule has 0 radical (unpaired) electrons. The normalized spacial score (nSPS) is 14.8. The highest BCUT2D eigenvalue weighted by Crippen LogP contribution is 2.35. The van der Waals surface area contributed by atoms with Gasteiger partial charge in [0.2, 0.25) is 0 Å². The Balaban J connectivity index is 1.40. The van der Waals surface area contributed by atoms with Gasteiger partial charge in [0.25, 0.3) is 5.56 Å². The third-order valence-electron chi connectivity index (χ3n) is 5.69. The molecule has 0 amide bonds. The minimum absolute atomic E-state index is 0.183. The lowest BCUT2D eigenvalue weighted by atomic mass is 10.1. The van der Waals surface area contributed by atoms with Gasteiger partial charge in [-0.2, -0.15) is 10.5 Å². The maximum atomic E-state index is 12.3. The van der Waals surface area contributed by atoms with Gasteiger partial charge in [-0.15, -0.1) is 10.2 Å². The number of hydrogen-bond donors (Lipinski definition) is 3. The van der Waals surface area contributed by atoms with Crippen molar-refractivity contribution in [1.82, 2.24) is 24.7 Å².